The average Bonchev–Trinajstić information content (AvgIpc) is 2.82. The van der Waals surface area contributed by atoms with Crippen molar-refractivity contribution >= 4 is 37.9 Å². The van der Waals surface area contributed by atoms with E-state index in [9.17, 15) is 23.1 Å². The Labute approximate surface area is 202 Å². The molecule has 35 heavy (non-hydrogen) atoms. The van der Waals surface area contributed by atoms with Crippen molar-refractivity contribution in [2.75, 3.05) is 0 Å². The minimum atomic E-state index is -4.00. The maximum Gasteiger partial charge on any atom is 0.329 e. The molecule has 0 aliphatic carbocycles. The van der Waals surface area contributed by atoms with E-state index in [-0.39, 0.29) is 21.6 Å². The van der Waals surface area contributed by atoms with Crippen molar-refractivity contribution in [3.05, 3.63) is 76.5 Å². The fourth-order valence-corrected chi connectivity index (χ4v) is 5.00. The van der Waals surface area contributed by atoms with Gasteiger partial charge in [0, 0.05) is 12.1 Å². The van der Waals surface area contributed by atoms with Crippen molar-refractivity contribution in [2.24, 2.45) is 5.92 Å². The van der Waals surface area contributed by atoms with Crippen LogP contribution in [0.15, 0.2) is 74.8 Å². The normalized spacial score (nSPS) is 13.6. The summed E-state index contributed by atoms with van der Waals surface area (Å²) < 4.78 is 39.5. The van der Waals surface area contributed by atoms with Gasteiger partial charge in [-0.3, -0.25) is 4.79 Å². The average molecular weight is 496 g/mol. The van der Waals surface area contributed by atoms with Crippen LogP contribution in [0.25, 0.3) is 21.9 Å². The van der Waals surface area contributed by atoms with Gasteiger partial charge in [0.25, 0.3) is 0 Å². The zero-order chi connectivity index (χ0) is 25.3. The number of phenols is 1. The lowest BCUT2D eigenvalue weighted by Crippen LogP contribution is -2.46. The molecule has 0 radical (unpaired) electrons. The zero-order valence-electron chi connectivity index (χ0n) is 19.4. The van der Waals surface area contributed by atoms with Crippen LogP contribution in [0, 0.1) is 12.8 Å². The standard InChI is InChI=1S/C26H25NO7S/c1-4-16(3)24(27-35(31,32)18-11-9-15(2)10-12-18)26(30)33-17-13-20(28)23-22(14-17)34-21-8-6-5-7-19(21)25(23)29/h5-14,16,24,27-28H,4H2,1-3H3. The minimum absolute atomic E-state index is 0.0289. The van der Waals surface area contributed by atoms with E-state index in [0.717, 1.165) is 11.6 Å². The molecule has 4 aromatic rings. The number of hydrogen-bond donors (Lipinski definition) is 2. The second-order valence-electron chi connectivity index (χ2n) is 8.46. The fraction of sp³-hybridized carbons (Fsp3) is 0.231. The van der Waals surface area contributed by atoms with E-state index in [4.69, 9.17) is 9.15 Å². The number of para-hydroxylation sites is 1. The Morgan fingerprint density at radius 3 is 2.46 bits per heavy atom. The number of ether oxygens (including phenoxy) is 1. The lowest BCUT2D eigenvalue weighted by molar-refractivity contribution is -0.137. The van der Waals surface area contributed by atoms with Crippen molar-refractivity contribution in [1.82, 2.24) is 4.72 Å². The number of aromatic hydroxyl groups is 1. The minimum Gasteiger partial charge on any atom is -0.507 e. The van der Waals surface area contributed by atoms with Gasteiger partial charge < -0.3 is 14.3 Å². The molecule has 0 aliphatic rings. The predicted molar refractivity (Wildman–Crippen MR) is 132 cm³/mol. The summed E-state index contributed by atoms with van der Waals surface area (Å²) in [5, 5.41) is 10.8. The first-order valence-corrected chi connectivity index (χ1v) is 12.6. The second kappa shape index (κ2) is 9.52. The number of hydrogen-bond acceptors (Lipinski definition) is 7. The van der Waals surface area contributed by atoms with Gasteiger partial charge >= 0.3 is 5.97 Å². The summed E-state index contributed by atoms with van der Waals surface area (Å²) in [5.74, 6) is -1.73. The van der Waals surface area contributed by atoms with Crippen LogP contribution >= 0.6 is 0 Å². The molecule has 4 rings (SSSR count). The molecule has 8 nitrogen and oxygen atoms in total. The highest BCUT2D eigenvalue weighted by atomic mass is 32.2. The van der Waals surface area contributed by atoms with Crippen LogP contribution in [0.2, 0.25) is 0 Å². The first kappa shape index (κ1) is 24.4. The highest BCUT2D eigenvalue weighted by Gasteiger charge is 2.31. The summed E-state index contributed by atoms with van der Waals surface area (Å²) in [6.45, 7) is 5.40. The quantitative estimate of drug-likeness (QED) is 0.223. The van der Waals surface area contributed by atoms with E-state index < -0.39 is 39.1 Å². The second-order valence-corrected chi connectivity index (χ2v) is 10.2. The molecule has 182 valence electrons. The third-order valence-electron chi connectivity index (χ3n) is 5.93. The molecular formula is C26H25NO7S. The van der Waals surface area contributed by atoms with Gasteiger partial charge in [-0.1, -0.05) is 50.1 Å². The van der Waals surface area contributed by atoms with Crippen molar-refractivity contribution in [1.29, 1.82) is 0 Å². The van der Waals surface area contributed by atoms with E-state index in [2.05, 4.69) is 4.72 Å². The molecule has 1 heterocycles. The number of rotatable bonds is 7. The molecule has 0 amide bonds. The molecule has 0 fully saturated rings. The largest absolute Gasteiger partial charge is 0.507 e. The molecule has 2 unspecified atom stereocenters. The summed E-state index contributed by atoms with van der Waals surface area (Å²) in [7, 11) is -4.00. The third-order valence-corrected chi connectivity index (χ3v) is 7.39. The maximum absolute atomic E-state index is 13.1. The number of fused-ring (bicyclic) bond motifs is 2. The Hall–Kier alpha value is -3.69. The molecule has 2 N–H and O–H groups in total. The Kier molecular flexibility index (Phi) is 6.64. The number of sulfonamides is 1. The molecule has 0 spiro atoms. The SMILES string of the molecule is CCC(C)C(NS(=O)(=O)c1ccc(C)cc1)C(=O)Oc1cc(O)c2c(=O)c3ccccc3oc2c1. The maximum atomic E-state index is 13.1. The summed E-state index contributed by atoms with van der Waals surface area (Å²) in [5.41, 5.74) is 0.839. The predicted octanol–water partition coefficient (Wildman–Crippen LogP) is 4.26. The van der Waals surface area contributed by atoms with Gasteiger partial charge in [-0.05, 0) is 37.1 Å². The number of carbonyl (C=O) groups is 1. The first-order valence-electron chi connectivity index (χ1n) is 11.1. The van der Waals surface area contributed by atoms with Crippen molar-refractivity contribution in [3.63, 3.8) is 0 Å². The van der Waals surface area contributed by atoms with E-state index in [1.807, 2.05) is 13.8 Å². The van der Waals surface area contributed by atoms with Crippen molar-refractivity contribution in [2.45, 2.75) is 38.1 Å². The Morgan fingerprint density at radius 2 is 1.77 bits per heavy atom. The molecule has 0 saturated carbocycles. The van der Waals surface area contributed by atoms with Crippen LogP contribution in [0.5, 0.6) is 11.5 Å². The van der Waals surface area contributed by atoms with Crippen molar-refractivity contribution < 1.29 is 27.5 Å². The van der Waals surface area contributed by atoms with Gasteiger partial charge in [0.1, 0.15) is 34.1 Å². The van der Waals surface area contributed by atoms with Crippen molar-refractivity contribution in [3.8, 4) is 11.5 Å². The topological polar surface area (TPSA) is 123 Å². The summed E-state index contributed by atoms with van der Waals surface area (Å²) in [6.07, 6.45) is 0.500. The summed E-state index contributed by atoms with van der Waals surface area (Å²) in [6, 6.07) is 14.1. The molecular weight excluding hydrogens is 470 g/mol. The summed E-state index contributed by atoms with van der Waals surface area (Å²) in [4.78, 5) is 25.9. The smallest absolute Gasteiger partial charge is 0.329 e. The Bertz CT molecular complexity index is 1570. The first-order chi connectivity index (χ1) is 16.6. The van der Waals surface area contributed by atoms with E-state index in [1.54, 1.807) is 43.3 Å². The molecule has 0 aliphatic heterocycles. The number of esters is 1. The van der Waals surface area contributed by atoms with Gasteiger partial charge in [0.05, 0.1) is 10.3 Å². The lowest BCUT2D eigenvalue weighted by atomic mass is 10.0. The monoisotopic (exact) mass is 495 g/mol. The van der Waals surface area contributed by atoms with Gasteiger partial charge in [0.2, 0.25) is 15.5 Å². The number of benzene rings is 3. The van der Waals surface area contributed by atoms with Crippen LogP contribution in [-0.2, 0) is 14.8 Å². The van der Waals surface area contributed by atoms with Crippen LogP contribution in [-0.4, -0.2) is 25.5 Å². The van der Waals surface area contributed by atoms with E-state index in [0.29, 0.717) is 17.4 Å². The van der Waals surface area contributed by atoms with Crippen LogP contribution in [0.3, 0.4) is 0 Å². The van der Waals surface area contributed by atoms with E-state index >= 15 is 0 Å². The lowest BCUT2D eigenvalue weighted by Gasteiger charge is -2.22. The number of carbonyl (C=O) groups excluding carboxylic acids is 1. The highest BCUT2D eigenvalue weighted by Crippen LogP contribution is 2.31. The van der Waals surface area contributed by atoms with Crippen LogP contribution in [0.1, 0.15) is 25.8 Å². The zero-order valence-corrected chi connectivity index (χ0v) is 20.3. The molecule has 2 atom stereocenters. The van der Waals surface area contributed by atoms with Gasteiger partial charge in [-0.2, -0.15) is 4.72 Å². The van der Waals surface area contributed by atoms with Gasteiger partial charge in [0.15, 0.2) is 0 Å². The van der Waals surface area contributed by atoms with Gasteiger partial charge in [-0.25, -0.2) is 13.2 Å². The number of phenolic OH excluding ortho intramolecular Hbond substituents is 1. The van der Waals surface area contributed by atoms with Gasteiger partial charge in [-0.15, -0.1) is 0 Å². The molecule has 9 heteroatoms. The molecule has 3 aromatic carbocycles. The fourth-order valence-electron chi connectivity index (χ4n) is 3.70. The number of aryl methyl sites for hydroxylation is 1. The highest BCUT2D eigenvalue weighted by molar-refractivity contribution is 7.89. The molecule has 0 saturated heterocycles. The number of nitrogens with one attached hydrogen (secondary N) is 1. The van der Waals surface area contributed by atoms with Crippen LogP contribution in [0.4, 0.5) is 0 Å². The molecule has 1 aromatic heterocycles. The van der Waals surface area contributed by atoms with E-state index in [1.165, 1.54) is 18.2 Å². The summed E-state index contributed by atoms with van der Waals surface area (Å²) >= 11 is 0. The van der Waals surface area contributed by atoms with Crippen LogP contribution < -0.4 is 14.9 Å². The molecule has 0 bridgehead atoms. The Balaban J connectivity index is 1.67. The Morgan fingerprint density at radius 1 is 1.09 bits per heavy atom. The third kappa shape index (κ3) is 4.91.